The van der Waals surface area contributed by atoms with Crippen LogP contribution < -0.4 is 22.3 Å². The highest BCUT2D eigenvalue weighted by Crippen LogP contribution is 2.26. The van der Waals surface area contributed by atoms with Crippen LogP contribution in [0.25, 0.3) is 27.7 Å². The zero-order chi connectivity index (χ0) is 24.4. The number of nitrogen functional groups attached to an aromatic ring is 2. The lowest BCUT2D eigenvalue weighted by Crippen LogP contribution is -2.23. The van der Waals surface area contributed by atoms with Gasteiger partial charge >= 0.3 is 0 Å². The molecule has 0 radical (unpaired) electrons. The van der Waals surface area contributed by atoms with Crippen molar-refractivity contribution in [1.82, 2.24) is 14.5 Å². The Bertz CT molecular complexity index is 1580. The summed E-state index contributed by atoms with van der Waals surface area (Å²) >= 11 is 6.33. The molecule has 2 heterocycles. The normalized spacial score (nSPS) is 11.0. The first-order valence-electron chi connectivity index (χ1n) is 11.1. The quantitative estimate of drug-likeness (QED) is 0.316. The van der Waals surface area contributed by atoms with E-state index in [1.807, 2.05) is 42.5 Å². The predicted octanol–water partition coefficient (Wildman–Crippen LogP) is 4.92. The van der Waals surface area contributed by atoms with E-state index in [0.717, 1.165) is 22.4 Å². The van der Waals surface area contributed by atoms with Crippen LogP contribution in [0, 0.1) is 0 Å². The average Bonchev–Trinajstić information content (AvgIpc) is 2.87. The number of benzene rings is 3. The average molecular weight is 483 g/mol. The molecule has 0 aliphatic heterocycles. The molecule has 0 atom stereocenters. The van der Waals surface area contributed by atoms with Crippen LogP contribution in [-0.4, -0.2) is 21.1 Å². The number of nitrogens with two attached hydrogens (primary N) is 2. The van der Waals surface area contributed by atoms with E-state index in [0.29, 0.717) is 40.4 Å². The van der Waals surface area contributed by atoms with Gasteiger partial charge in [-0.15, -0.1) is 0 Å². The monoisotopic (exact) mass is 482 g/mol. The number of nitrogens with one attached hydrogen (secondary N) is 1. The van der Waals surface area contributed by atoms with Crippen LogP contribution in [0.4, 0.5) is 17.5 Å². The van der Waals surface area contributed by atoms with Crippen molar-refractivity contribution in [1.29, 1.82) is 0 Å². The van der Waals surface area contributed by atoms with Crippen molar-refractivity contribution >= 4 is 40.0 Å². The molecule has 5 aromatic rings. The highest BCUT2D eigenvalue weighted by atomic mass is 35.5. The van der Waals surface area contributed by atoms with Gasteiger partial charge in [0.1, 0.15) is 5.82 Å². The van der Waals surface area contributed by atoms with Crippen LogP contribution in [0.3, 0.4) is 0 Å². The van der Waals surface area contributed by atoms with E-state index in [-0.39, 0.29) is 11.5 Å². The summed E-state index contributed by atoms with van der Waals surface area (Å²) in [6.07, 6.45) is 2.41. The summed E-state index contributed by atoms with van der Waals surface area (Å²) in [6.45, 7) is 0.711. The fraction of sp³-hybridized carbons (Fsp3) is 0.0741. The summed E-state index contributed by atoms with van der Waals surface area (Å²) < 4.78 is 1.33. The molecule has 2 aromatic heterocycles. The Hall–Kier alpha value is -4.36. The highest BCUT2D eigenvalue weighted by molar-refractivity contribution is 6.32. The lowest BCUT2D eigenvalue weighted by Gasteiger charge is -2.13. The number of rotatable bonds is 6. The Balaban J connectivity index is 1.50. The maximum absolute atomic E-state index is 13.4. The zero-order valence-corrected chi connectivity index (χ0v) is 19.5. The molecule has 0 spiro atoms. The molecule has 35 heavy (non-hydrogen) atoms. The van der Waals surface area contributed by atoms with Crippen LogP contribution >= 0.6 is 11.6 Å². The van der Waals surface area contributed by atoms with Crippen LogP contribution in [0.5, 0.6) is 0 Å². The van der Waals surface area contributed by atoms with Crippen molar-refractivity contribution in [2.24, 2.45) is 0 Å². The highest BCUT2D eigenvalue weighted by Gasteiger charge is 2.14. The van der Waals surface area contributed by atoms with Gasteiger partial charge in [-0.3, -0.25) is 4.79 Å². The lowest BCUT2D eigenvalue weighted by molar-refractivity contribution is 0.983. The number of aromatic nitrogens is 3. The summed E-state index contributed by atoms with van der Waals surface area (Å²) in [5.74, 6) is 0.561. The van der Waals surface area contributed by atoms with E-state index in [1.54, 1.807) is 42.6 Å². The third-order valence-corrected chi connectivity index (χ3v) is 6.14. The third kappa shape index (κ3) is 4.54. The van der Waals surface area contributed by atoms with Gasteiger partial charge in [0.25, 0.3) is 5.56 Å². The zero-order valence-electron chi connectivity index (χ0n) is 18.8. The van der Waals surface area contributed by atoms with Crippen molar-refractivity contribution in [2.45, 2.75) is 6.42 Å². The fourth-order valence-corrected chi connectivity index (χ4v) is 4.24. The minimum absolute atomic E-state index is 0.0747. The molecule has 5 N–H and O–H groups in total. The molecule has 0 fully saturated rings. The molecular weight excluding hydrogens is 460 g/mol. The molecule has 0 saturated carbocycles. The smallest absolute Gasteiger partial charge is 0.267 e. The van der Waals surface area contributed by atoms with Gasteiger partial charge in [0.2, 0.25) is 5.95 Å². The summed E-state index contributed by atoms with van der Waals surface area (Å²) in [4.78, 5) is 22.2. The summed E-state index contributed by atoms with van der Waals surface area (Å²) in [7, 11) is 0. The van der Waals surface area contributed by atoms with Crippen LogP contribution in [0.1, 0.15) is 5.56 Å². The minimum Gasteiger partial charge on any atom is -0.385 e. The Labute approximate surface area is 207 Å². The number of pyridine rings is 1. The van der Waals surface area contributed by atoms with Crippen molar-refractivity contribution in [3.8, 4) is 16.8 Å². The van der Waals surface area contributed by atoms with Crippen molar-refractivity contribution in [3.63, 3.8) is 0 Å². The summed E-state index contributed by atoms with van der Waals surface area (Å²) in [6, 6.07) is 24.5. The molecule has 0 unspecified atom stereocenters. The first-order chi connectivity index (χ1) is 17.0. The number of nitrogens with zero attached hydrogens (tertiary/aromatic N) is 3. The lowest BCUT2D eigenvalue weighted by atomic mass is 10.0. The maximum atomic E-state index is 13.4. The van der Waals surface area contributed by atoms with E-state index < -0.39 is 0 Å². The van der Waals surface area contributed by atoms with Crippen LogP contribution in [0.15, 0.2) is 89.9 Å². The van der Waals surface area contributed by atoms with Gasteiger partial charge in [0.05, 0.1) is 21.6 Å². The maximum Gasteiger partial charge on any atom is 0.267 e. The van der Waals surface area contributed by atoms with Crippen molar-refractivity contribution in [2.75, 3.05) is 23.3 Å². The van der Waals surface area contributed by atoms with Gasteiger partial charge in [0, 0.05) is 24.0 Å². The van der Waals surface area contributed by atoms with E-state index in [2.05, 4.69) is 15.3 Å². The molecule has 0 aliphatic rings. The van der Waals surface area contributed by atoms with E-state index in [4.69, 9.17) is 23.1 Å². The van der Waals surface area contributed by atoms with Gasteiger partial charge in [0.15, 0.2) is 0 Å². The predicted molar refractivity (Wildman–Crippen MR) is 143 cm³/mol. The standard InChI is InChI=1S/C27H23ClN6O/c28-22-8-4-5-9-24(22)34-26(35)21-15-17(10-11-23(21)33-27(34)30)19-14-18(25(29)32-16-19)12-13-31-20-6-2-1-3-7-20/h1-11,14-16,31H,12-13H2,(H2,29,32)(H2,30,33). The number of halogens is 1. The molecule has 0 bridgehead atoms. The Morgan fingerprint density at radius 3 is 2.49 bits per heavy atom. The molecule has 0 saturated heterocycles. The molecule has 3 aromatic carbocycles. The SMILES string of the molecule is Nc1ncc(-c2ccc3nc(N)n(-c4ccccc4Cl)c(=O)c3c2)cc1CCNc1ccccc1. The number of hydrogen-bond acceptors (Lipinski definition) is 6. The van der Waals surface area contributed by atoms with Gasteiger partial charge in [-0.2, -0.15) is 0 Å². The summed E-state index contributed by atoms with van der Waals surface area (Å²) in [5, 5.41) is 4.23. The molecule has 5 rings (SSSR count). The molecule has 0 aliphatic carbocycles. The Morgan fingerprint density at radius 1 is 0.914 bits per heavy atom. The van der Waals surface area contributed by atoms with E-state index in [9.17, 15) is 4.79 Å². The molecule has 8 heteroatoms. The number of hydrogen-bond donors (Lipinski definition) is 3. The van der Waals surface area contributed by atoms with Crippen molar-refractivity contribution < 1.29 is 0 Å². The van der Waals surface area contributed by atoms with Crippen LogP contribution in [0.2, 0.25) is 5.02 Å². The molecule has 0 amide bonds. The second-order valence-corrected chi connectivity index (χ2v) is 8.51. The summed E-state index contributed by atoms with van der Waals surface area (Å²) in [5.41, 5.74) is 16.6. The van der Waals surface area contributed by atoms with Crippen molar-refractivity contribution in [3.05, 3.63) is 106 Å². The minimum atomic E-state index is -0.293. The second kappa shape index (κ2) is 9.48. The molecular formula is C27H23ClN6O. The van der Waals surface area contributed by atoms with Gasteiger partial charge < -0.3 is 16.8 Å². The van der Waals surface area contributed by atoms with E-state index >= 15 is 0 Å². The van der Waals surface area contributed by atoms with Gasteiger partial charge in [-0.1, -0.05) is 48.0 Å². The number of anilines is 3. The first-order valence-corrected chi connectivity index (χ1v) is 11.5. The van der Waals surface area contributed by atoms with Crippen LogP contribution in [-0.2, 0) is 6.42 Å². The molecule has 7 nitrogen and oxygen atoms in total. The third-order valence-electron chi connectivity index (χ3n) is 5.82. The van der Waals surface area contributed by atoms with Gasteiger partial charge in [-0.05, 0) is 60.0 Å². The Kier molecular flexibility index (Phi) is 6.08. The second-order valence-electron chi connectivity index (χ2n) is 8.11. The Morgan fingerprint density at radius 2 is 1.69 bits per heavy atom. The molecule has 174 valence electrons. The fourth-order valence-electron chi connectivity index (χ4n) is 4.02. The number of para-hydroxylation sites is 2. The number of fused-ring (bicyclic) bond motifs is 1. The topological polar surface area (TPSA) is 112 Å². The largest absolute Gasteiger partial charge is 0.385 e. The van der Waals surface area contributed by atoms with E-state index in [1.165, 1.54) is 4.57 Å². The van der Waals surface area contributed by atoms with Gasteiger partial charge in [-0.25, -0.2) is 14.5 Å². The first kappa shape index (κ1) is 22.4.